The summed E-state index contributed by atoms with van der Waals surface area (Å²) in [7, 11) is 3.11. The van der Waals surface area contributed by atoms with Gasteiger partial charge in [0.15, 0.2) is 5.17 Å². The molecule has 1 rings (SSSR count). The first-order valence-corrected chi connectivity index (χ1v) is 5.73. The number of hydrogen-bond acceptors (Lipinski definition) is 5. The van der Waals surface area contributed by atoms with Crippen molar-refractivity contribution in [3.05, 3.63) is 33.9 Å². The van der Waals surface area contributed by atoms with Gasteiger partial charge in [0.25, 0.3) is 5.69 Å². The molecular formula is C10H14ClN3O3S. The lowest BCUT2D eigenvalue weighted by atomic mass is 10.2. The topological polar surface area (TPSA) is 90.8 Å². The third-order valence-corrected chi connectivity index (χ3v) is 3.00. The first-order chi connectivity index (χ1) is 8.08. The van der Waals surface area contributed by atoms with Gasteiger partial charge in [-0.3, -0.25) is 15.1 Å². The molecule has 0 fully saturated rings. The maximum absolute atomic E-state index is 10.7. The fraction of sp³-hybridized carbons (Fsp3) is 0.300. The Balaban J connectivity index is 0.00000289. The molecule has 2 N–H and O–H groups in total. The third kappa shape index (κ3) is 4.42. The largest absolute Gasteiger partial charge is 0.496 e. The Morgan fingerprint density at radius 2 is 2.28 bits per heavy atom. The third-order valence-electron chi connectivity index (χ3n) is 2.07. The smallest absolute Gasteiger partial charge is 0.270 e. The van der Waals surface area contributed by atoms with Crippen LogP contribution >= 0.6 is 24.2 Å². The fourth-order valence-electron chi connectivity index (χ4n) is 1.21. The first kappa shape index (κ1) is 16.5. The van der Waals surface area contributed by atoms with Gasteiger partial charge < -0.3 is 10.5 Å². The number of thioether (sulfide) groups is 1. The van der Waals surface area contributed by atoms with Crippen molar-refractivity contribution in [2.45, 2.75) is 5.75 Å². The number of non-ortho nitro benzene ring substituents is 1. The van der Waals surface area contributed by atoms with E-state index in [9.17, 15) is 10.1 Å². The van der Waals surface area contributed by atoms with Gasteiger partial charge in [-0.25, -0.2) is 0 Å². The summed E-state index contributed by atoms with van der Waals surface area (Å²) in [5.41, 5.74) is 6.30. The van der Waals surface area contributed by atoms with Crippen molar-refractivity contribution in [3.63, 3.8) is 0 Å². The molecule has 18 heavy (non-hydrogen) atoms. The molecule has 0 aliphatic carbocycles. The minimum atomic E-state index is -0.440. The second-order valence-corrected chi connectivity index (χ2v) is 4.10. The summed E-state index contributed by atoms with van der Waals surface area (Å²) >= 11 is 1.30. The molecule has 0 bridgehead atoms. The van der Waals surface area contributed by atoms with Crippen LogP contribution in [0.25, 0.3) is 0 Å². The zero-order chi connectivity index (χ0) is 12.8. The van der Waals surface area contributed by atoms with E-state index < -0.39 is 4.92 Å². The summed E-state index contributed by atoms with van der Waals surface area (Å²) < 4.78 is 5.13. The molecule has 0 saturated heterocycles. The Kier molecular flexibility index (Phi) is 7.14. The van der Waals surface area contributed by atoms with Crippen LogP contribution in [0.1, 0.15) is 5.56 Å². The fourth-order valence-corrected chi connectivity index (χ4v) is 1.87. The summed E-state index contributed by atoms with van der Waals surface area (Å²) in [6.45, 7) is 0. The maximum Gasteiger partial charge on any atom is 0.270 e. The highest BCUT2D eigenvalue weighted by atomic mass is 35.5. The molecule has 0 heterocycles. The number of rotatable bonds is 4. The second-order valence-electron chi connectivity index (χ2n) is 3.10. The van der Waals surface area contributed by atoms with Crippen LogP contribution in [-0.4, -0.2) is 24.2 Å². The number of aliphatic imine (C=N–C) groups is 1. The number of nitro benzene ring substituents is 1. The quantitative estimate of drug-likeness (QED) is 0.397. The molecule has 0 saturated carbocycles. The van der Waals surface area contributed by atoms with Crippen molar-refractivity contribution in [2.24, 2.45) is 10.7 Å². The molecule has 1 aromatic rings. The highest BCUT2D eigenvalue weighted by Crippen LogP contribution is 2.27. The van der Waals surface area contributed by atoms with Gasteiger partial charge in [0.2, 0.25) is 0 Å². The Labute approximate surface area is 115 Å². The highest BCUT2D eigenvalue weighted by Gasteiger charge is 2.11. The maximum atomic E-state index is 10.7. The van der Waals surface area contributed by atoms with Gasteiger partial charge in [-0.05, 0) is 6.07 Å². The summed E-state index contributed by atoms with van der Waals surface area (Å²) in [4.78, 5) is 14.0. The molecule has 6 nitrogen and oxygen atoms in total. The van der Waals surface area contributed by atoms with Crippen molar-refractivity contribution >= 4 is 35.0 Å². The van der Waals surface area contributed by atoms with Gasteiger partial charge in [-0.15, -0.1) is 12.4 Å². The van der Waals surface area contributed by atoms with Crippen molar-refractivity contribution in [3.8, 4) is 5.75 Å². The van der Waals surface area contributed by atoms with Gasteiger partial charge in [0, 0.05) is 30.5 Å². The Morgan fingerprint density at radius 1 is 1.61 bits per heavy atom. The standard InChI is InChI=1S/C10H13N3O3S.ClH/c1-12-10(11)17-6-7-5-8(13(14)15)3-4-9(7)16-2;/h3-5H,6H2,1-2H3,(H2,11,12);1H. The average molecular weight is 292 g/mol. The van der Waals surface area contributed by atoms with E-state index in [1.807, 2.05) is 0 Å². The number of hydrogen-bond donors (Lipinski definition) is 1. The lowest BCUT2D eigenvalue weighted by Gasteiger charge is -2.07. The van der Waals surface area contributed by atoms with E-state index in [0.717, 1.165) is 5.56 Å². The van der Waals surface area contributed by atoms with E-state index in [1.54, 1.807) is 13.1 Å². The lowest BCUT2D eigenvalue weighted by Crippen LogP contribution is -2.06. The normalized spacial score (nSPS) is 10.7. The second kappa shape index (κ2) is 7.78. The minimum absolute atomic E-state index is 0. The highest BCUT2D eigenvalue weighted by molar-refractivity contribution is 8.13. The van der Waals surface area contributed by atoms with E-state index in [4.69, 9.17) is 10.5 Å². The number of amidine groups is 1. The monoisotopic (exact) mass is 291 g/mol. The Morgan fingerprint density at radius 3 is 2.78 bits per heavy atom. The number of halogens is 1. The molecule has 0 amide bonds. The average Bonchev–Trinajstić information content (AvgIpc) is 2.35. The number of nitro groups is 1. The van der Waals surface area contributed by atoms with Crippen LogP contribution in [-0.2, 0) is 5.75 Å². The Hall–Kier alpha value is -1.47. The lowest BCUT2D eigenvalue weighted by molar-refractivity contribution is -0.384. The van der Waals surface area contributed by atoms with Crippen LogP contribution < -0.4 is 10.5 Å². The molecule has 100 valence electrons. The summed E-state index contributed by atoms with van der Waals surface area (Å²) in [6, 6.07) is 4.46. The van der Waals surface area contributed by atoms with Crippen LogP contribution in [0.2, 0.25) is 0 Å². The predicted octanol–water partition coefficient (Wildman–Crippen LogP) is 2.20. The summed E-state index contributed by atoms with van der Waals surface area (Å²) in [6.07, 6.45) is 0. The van der Waals surface area contributed by atoms with E-state index in [-0.39, 0.29) is 18.1 Å². The molecule has 0 unspecified atom stereocenters. The molecule has 0 spiro atoms. The van der Waals surface area contributed by atoms with Crippen LogP contribution in [0.4, 0.5) is 5.69 Å². The van der Waals surface area contributed by atoms with E-state index in [0.29, 0.717) is 16.7 Å². The van der Waals surface area contributed by atoms with Crippen molar-refractivity contribution in [1.29, 1.82) is 0 Å². The van der Waals surface area contributed by atoms with Gasteiger partial charge in [-0.1, -0.05) is 11.8 Å². The molecular weight excluding hydrogens is 278 g/mol. The van der Waals surface area contributed by atoms with Crippen molar-refractivity contribution in [2.75, 3.05) is 14.2 Å². The van der Waals surface area contributed by atoms with Crippen LogP contribution in [0.3, 0.4) is 0 Å². The zero-order valence-electron chi connectivity index (χ0n) is 9.95. The number of nitrogens with zero attached hydrogens (tertiary/aromatic N) is 2. The molecule has 1 aromatic carbocycles. The predicted molar refractivity (Wildman–Crippen MR) is 75.7 cm³/mol. The van der Waals surface area contributed by atoms with Crippen molar-refractivity contribution in [1.82, 2.24) is 0 Å². The van der Waals surface area contributed by atoms with Gasteiger partial charge in [0.05, 0.1) is 12.0 Å². The minimum Gasteiger partial charge on any atom is -0.496 e. The van der Waals surface area contributed by atoms with Crippen LogP contribution in [0, 0.1) is 10.1 Å². The number of nitrogens with two attached hydrogens (primary N) is 1. The number of benzene rings is 1. The number of ether oxygens (including phenoxy) is 1. The summed E-state index contributed by atoms with van der Waals surface area (Å²) in [5, 5.41) is 11.1. The van der Waals surface area contributed by atoms with Gasteiger partial charge in [-0.2, -0.15) is 0 Å². The van der Waals surface area contributed by atoms with Gasteiger partial charge >= 0.3 is 0 Å². The zero-order valence-corrected chi connectivity index (χ0v) is 11.6. The SMILES string of the molecule is CN=C(N)SCc1cc([N+](=O)[O-])ccc1OC.Cl. The van der Waals surface area contributed by atoms with E-state index in [1.165, 1.54) is 31.0 Å². The first-order valence-electron chi connectivity index (χ1n) is 4.75. The molecule has 0 aromatic heterocycles. The van der Waals surface area contributed by atoms with Crippen LogP contribution in [0.5, 0.6) is 5.75 Å². The Bertz CT molecular complexity index is 454. The molecule has 0 aliphatic heterocycles. The van der Waals surface area contributed by atoms with E-state index in [2.05, 4.69) is 4.99 Å². The van der Waals surface area contributed by atoms with Gasteiger partial charge in [0.1, 0.15) is 5.75 Å². The van der Waals surface area contributed by atoms with Crippen molar-refractivity contribution < 1.29 is 9.66 Å². The van der Waals surface area contributed by atoms with E-state index >= 15 is 0 Å². The molecule has 0 radical (unpaired) electrons. The summed E-state index contributed by atoms with van der Waals surface area (Å²) in [5.74, 6) is 1.08. The number of methoxy groups -OCH3 is 1. The molecule has 0 aliphatic rings. The molecule has 0 atom stereocenters. The van der Waals surface area contributed by atoms with Crippen LogP contribution in [0.15, 0.2) is 23.2 Å². The molecule has 8 heteroatoms.